The third kappa shape index (κ3) is 3.41. The van der Waals surface area contributed by atoms with Gasteiger partial charge in [0, 0.05) is 17.1 Å². The molecule has 21 heavy (non-hydrogen) atoms. The van der Waals surface area contributed by atoms with Crippen molar-refractivity contribution in [1.29, 1.82) is 0 Å². The van der Waals surface area contributed by atoms with E-state index in [4.69, 9.17) is 0 Å². The monoisotopic (exact) mass is 352 g/mol. The standard InChI is InChI=1S/C14H17BrN4O2/c1-9(2)18-14(13(19(20)21)10(3)17-18)16-8-11-5-4-6-12(15)7-11/h4-7,9,16H,8H2,1-3H3. The first-order valence-electron chi connectivity index (χ1n) is 6.62. The number of aromatic nitrogens is 2. The first-order chi connectivity index (χ1) is 9.90. The topological polar surface area (TPSA) is 73.0 Å². The van der Waals surface area contributed by atoms with Gasteiger partial charge in [-0.05, 0) is 38.5 Å². The number of nitro groups is 1. The number of aryl methyl sites for hydroxylation is 1. The number of benzene rings is 1. The lowest BCUT2D eigenvalue weighted by Gasteiger charge is -2.12. The third-order valence-electron chi connectivity index (χ3n) is 3.07. The zero-order chi connectivity index (χ0) is 15.6. The molecule has 0 saturated heterocycles. The van der Waals surface area contributed by atoms with Crippen molar-refractivity contribution < 1.29 is 4.92 Å². The zero-order valence-electron chi connectivity index (χ0n) is 12.1. The molecule has 0 bridgehead atoms. The lowest BCUT2D eigenvalue weighted by Crippen LogP contribution is -2.11. The van der Waals surface area contributed by atoms with Crippen molar-refractivity contribution in [1.82, 2.24) is 9.78 Å². The number of hydrogen-bond acceptors (Lipinski definition) is 4. The predicted octanol–water partition coefficient (Wildman–Crippen LogP) is 4.06. The smallest absolute Gasteiger partial charge is 0.333 e. The largest absolute Gasteiger partial charge is 0.360 e. The van der Waals surface area contributed by atoms with Gasteiger partial charge in [-0.25, -0.2) is 4.68 Å². The number of nitrogens with one attached hydrogen (secondary N) is 1. The Morgan fingerprint density at radius 3 is 2.76 bits per heavy atom. The molecular weight excluding hydrogens is 336 g/mol. The summed E-state index contributed by atoms with van der Waals surface area (Å²) in [5.41, 5.74) is 1.50. The van der Waals surface area contributed by atoms with Gasteiger partial charge in [0.2, 0.25) is 5.82 Å². The van der Waals surface area contributed by atoms with Crippen molar-refractivity contribution in [3.8, 4) is 0 Å². The highest BCUT2D eigenvalue weighted by atomic mass is 79.9. The van der Waals surface area contributed by atoms with E-state index < -0.39 is 0 Å². The highest BCUT2D eigenvalue weighted by Crippen LogP contribution is 2.31. The van der Waals surface area contributed by atoms with Crippen LogP contribution in [0.5, 0.6) is 0 Å². The molecule has 0 amide bonds. The molecule has 0 aliphatic rings. The van der Waals surface area contributed by atoms with E-state index in [1.54, 1.807) is 11.6 Å². The molecule has 1 aromatic heterocycles. The van der Waals surface area contributed by atoms with E-state index in [-0.39, 0.29) is 16.7 Å². The first kappa shape index (κ1) is 15.5. The van der Waals surface area contributed by atoms with E-state index in [0.29, 0.717) is 18.1 Å². The van der Waals surface area contributed by atoms with E-state index in [1.165, 1.54) is 0 Å². The van der Waals surface area contributed by atoms with Crippen LogP contribution in [0.3, 0.4) is 0 Å². The van der Waals surface area contributed by atoms with Gasteiger partial charge < -0.3 is 5.32 Å². The van der Waals surface area contributed by atoms with Crippen molar-refractivity contribution in [3.05, 3.63) is 50.1 Å². The lowest BCUT2D eigenvalue weighted by atomic mass is 10.2. The Morgan fingerprint density at radius 2 is 2.19 bits per heavy atom. The van der Waals surface area contributed by atoms with Crippen LogP contribution in [0.15, 0.2) is 28.7 Å². The zero-order valence-corrected chi connectivity index (χ0v) is 13.7. The minimum atomic E-state index is -0.384. The van der Waals surface area contributed by atoms with Gasteiger partial charge in [-0.1, -0.05) is 28.1 Å². The lowest BCUT2D eigenvalue weighted by molar-refractivity contribution is -0.384. The summed E-state index contributed by atoms with van der Waals surface area (Å²) < 4.78 is 2.63. The summed E-state index contributed by atoms with van der Waals surface area (Å²) in [6, 6.07) is 7.85. The van der Waals surface area contributed by atoms with Gasteiger partial charge in [0.1, 0.15) is 5.69 Å². The molecule has 0 aliphatic heterocycles. The molecule has 0 spiro atoms. The number of halogens is 1. The Morgan fingerprint density at radius 1 is 1.48 bits per heavy atom. The van der Waals surface area contributed by atoms with E-state index in [9.17, 15) is 10.1 Å². The molecular formula is C14H17BrN4O2. The van der Waals surface area contributed by atoms with Crippen LogP contribution in [0, 0.1) is 17.0 Å². The average molecular weight is 353 g/mol. The quantitative estimate of drug-likeness (QED) is 0.650. The van der Waals surface area contributed by atoms with Crippen molar-refractivity contribution >= 4 is 27.4 Å². The van der Waals surface area contributed by atoms with Gasteiger partial charge in [0.15, 0.2) is 0 Å². The Balaban J connectivity index is 2.32. The summed E-state index contributed by atoms with van der Waals surface area (Å²) in [4.78, 5) is 10.9. The molecule has 0 saturated carbocycles. The number of anilines is 1. The molecule has 7 heteroatoms. The van der Waals surface area contributed by atoms with Crippen LogP contribution >= 0.6 is 15.9 Å². The Labute approximate surface area is 131 Å². The molecule has 2 rings (SSSR count). The summed E-state index contributed by atoms with van der Waals surface area (Å²) in [7, 11) is 0. The van der Waals surface area contributed by atoms with Gasteiger partial charge in [0.05, 0.1) is 4.92 Å². The molecule has 6 nitrogen and oxygen atoms in total. The molecule has 1 heterocycles. The number of hydrogen-bond donors (Lipinski definition) is 1. The minimum absolute atomic E-state index is 0.0405. The van der Waals surface area contributed by atoms with Crippen LogP contribution in [0.1, 0.15) is 31.1 Å². The second kappa shape index (κ2) is 6.26. The fourth-order valence-electron chi connectivity index (χ4n) is 2.13. The molecule has 1 N–H and O–H groups in total. The maximum Gasteiger partial charge on any atom is 0.333 e. The van der Waals surface area contributed by atoms with E-state index in [2.05, 4.69) is 26.3 Å². The van der Waals surface area contributed by atoms with Crippen LogP contribution in [0.25, 0.3) is 0 Å². The second-order valence-electron chi connectivity index (χ2n) is 5.06. The highest BCUT2D eigenvalue weighted by molar-refractivity contribution is 9.10. The third-order valence-corrected chi connectivity index (χ3v) is 3.57. The van der Waals surface area contributed by atoms with Crippen LogP contribution in [-0.2, 0) is 6.54 Å². The Bertz CT molecular complexity index is 667. The van der Waals surface area contributed by atoms with E-state index >= 15 is 0 Å². The summed E-state index contributed by atoms with van der Waals surface area (Å²) in [5, 5.41) is 18.7. The molecule has 0 radical (unpaired) electrons. The van der Waals surface area contributed by atoms with Gasteiger partial charge in [0.25, 0.3) is 0 Å². The molecule has 0 fully saturated rings. The Hall–Kier alpha value is -1.89. The minimum Gasteiger partial charge on any atom is -0.360 e. The fraction of sp³-hybridized carbons (Fsp3) is 0.357. The SMILES string of the molecule is Cc1nn(C(C)C)c(NCc2cccc(Br)c2)c1[N+](=O)[O-]. The summed E-state index contributed by atoms with van der Waals surface area (Å²) in [6.07, 6.45) is 0. The van der Waals surface area contributed by atoms with Crippen LogP contribution in [0.2, 0.25) is 0 Å². The van der Waals surface area contributed by atoms with Crippen molar-refractivity contribution in [3.63, 3.8) is 0 Å². The second-order valence-corrected chi connectivity index (χ2v) is 5.98. The molecule has 1 aromatic carbocycles. The van der Waals surface area contributed by atoms with Gasteiger partial charge >= 0.3 is 5.69 Å². The average Bonchev–Trinajstić information content (AvgIpc) is 2.73. The highest BCUT2D eigenvalue weighted by Gasteiger charge is 2.26. The van der Waals surface area contributed by atoms with Gasteiger partial charge in [-0.3, -0.25) is 10.1 Å². The summed E-state index contributed by atoms with van der Waals surface area (Å²) in [6.45, 7) is 6.04. The van der Waals surface area contributed by atoms with Crippen molar-refractivity contribution in [2.24, 2.45) is 0 Å². The predicted molar refractivity (Wildman–Crippen MR) is 85.5 cm³/mol. The summed E-state index contributed by atoms with van der Waals surface area (Å²) in [5.74, 6) is 0.451. The van der Waals surface area contributed by atoms with Gasteiger partial charge in [-0.15, -0.1) is 0 Å². The van der Waals surface area contributed by atoms with Crippen molar-refractivity contribution in [2.45, 2.75) is 33.4 Å². The molecule has 0 atom stereocenters. The van der Waals surface area contributed by atoms with E-state index in [0.717, 1.165) is 10.0 Å². The number of nitrogens with zero attached hydrogens (tertiary/aromatic N) is 3. The van der Waals surface area contributed by atoms with Crippen molar-refractivity contribution in [2.75, 3.05) is 5.32 Å². The van der Waals surface area contributed by atoms with E-state index in [1.807, 2.05) is 38.1 Å². The number of rotatable bonds is 5. The van der Waals surface area contributed by atoms with Crippen LogP contribution in [-0.4, -0.2) is 14.7 Å². The molecule has 0 unspecified atom stereocenters. The Kier molecular flexibility index (Phi) is 4.62. The fourth-order valence-corrected chi connectivity index (χ4v) is 2.58. The normalized spacial score (nSPS) is 10.9. The molecule has 2 aromatic rings. The maximum atomic E-state index is 11.2. The maximum absolute atomic E-state index is 11.2. The van der Waals surface area contributed by atoms with Crippen LogP contribution < -0.4 is 5.32 Å². The van der Waals surface area contributed by atoms with Crippen LogP contribution in [0.4, 0.5) is 11.5 Å². The van der Waals surface area contributed by atoms with Gasteiger partial charge in [-0.2, -0.15) is 5.10 Å². The molecule has 112 valence electrons. The summed E-state index contributed by atoms with van der Waals surface area (Å²) >= 11 is 3.41. The first-order valence-corrected chi connectivity index (χ1v) is 7.41. The molecule has 0 aliphatic carbocycles.